The van der Waals surface area contributed by atoms with Gasteiger partial charge in [0.2, 0.25) is 5.91 Å². The van der Waals surface area contributed by atoms with E-state index in [0.717, 1.165) is 35.3 Å². The van der Waals surface area contributed by atoms with Crippen LogP contribution in [0, 0.1) is 0 Å². The molecule has 2 amide bonds. The molecular formula is C23H23N3O3S. The van der Waals surface area contributed by atoms with E-state index in [1.807, 2.05) is 11.4 Å². The van der Waals surface area contributed by atoms with Crippen LogP contribution < -0.4 is 15.4 Å². The molecule has 3 aromatic rings. The first-order chi connectivity index (χ1) is 14.6. The number of rotatable bonds is 7. The largest absolute Gasteiger partial charge is 0.484 e. The summed E-state index contributed by atoms with van der Waals surface area (Å²) in [4.78, 5) is 28.2. The third kappa shape index (κ3) is 4.86. The molecule has 2 aromatic carbocycles. The highest BCUT2D eigenvalue weighted by atomic mass is 32.1. The fourth-order valence-corrected chi connectivity index (χ4v) is 4.08. The lowest BCUT2D eigenvalue weighted by atomic mass is 10.0. The van der Waals surface area contributed by atoms with Gasteiger partial charge in [0.05, 0.1) is 5.69 Å². The smallest absolute Gasteiger partial charge is 0.264 e. The number of benzene rings is 2. The van der Waals surface area contributed by atoms with Crippen LogP contribution in [0.4, 0.5) is 10.8 Å². The molecule has 4 rings (SSSR count). The molecule has 1 aromatic heterocycles. The second kappa shape index (κ2) is 9.09. The molecule has 0 atom stereocenters. The maximum absolute atomic E-state index is 12.3. The number of ether oxygens (including phenoxy) is 1. The summed E-state index contributed by atoms with van der Waals surface area (Å²) in [6.45, 7) is 2.06. The summed E-state index contributed by atoms with van der Waals surface area (Å²) in [6, 6.07) is 13.8. The highest BCUT2D eigenvalue weighted by molar-refractivity contribution is 7.14. The van der Waals surface area contributed by atoms with Gasteiger partial charge in [-0.05, 0) is 42.2 Å². The molecule has 7 heteroatoms. The minimum atomic E-state index is -0.264. The van der Waals surface area contributed by atoms with Crippen LogP contribution in [0.25, 0.3) is 11.3 Å². The van der Waals surface area contributed by atoms with E-state index in [4.69, 9.17) is 4.74 Å². The number of fused-ring (bicyclic) bond motifs is 1. The van der Waals surface area contributed by atoms with Crippen molar-refractivity contribution in [3.63, 3.8) is 0 Å². The van der Waals surface area contributed by atoms with Crippen LogP contribution in [-0.2, 0) is 22.4 Å². The molecule has 30 heavy (non-hydrogen) atoms. The molecule has 0 unspecified atom stereocenters. The molecule has 1 aliphatic rings. The number of carbonyl (C=O) groups excluding carboxylic acids is 2. The molecule has 0 spiro atoms. The van der Waals surface area contributed by atoms with Crippen LogP contribution in [0.15, 0.2) is 47.8 Å². The summed E-state index contributed by atoms with van der Waals surface area (Å²) < 4.78 is 5.61. The van der Waals surface area contributed by atoms with Crippen molar-refractivity contribution in [2.75, 3.05) is 17.2 Å². The van der Waals surface area contributed by atoms with Gasteiger partial charge in [0.25, 0.3) is 5.91 Å². The Morgan fingerprint density at radius 1 is 1.20 bits per heavy atom. The van der Waals surface area contributed by atoms with Gasteiger partial charge in [0.1, 0.15) is 5.75 Å². The van der Waals surface area contributed by atoms with E-state index in [0.29, 0.717) is 23.7 Å². The number of carbonyl (C=O) groups is 2. The van der Waals surface area contributed by atoms with E-state index in [2.05, 4.69) is 46.8 Å². The number of nitrogens with one attached hydrogen (secondary N) is 2. The predicted molar refractivity (Wildman–Crippen MR) is 119 cm³/mol. The van der Waals surface area contributed by atoms with Gasteiger partial charge in [-0.2, -0.15) is 0 Å². The van der Waals surface area contributed by atoms with E-state index in [9.17, 15) is 9.59 Å². The Morgan fingerprint density at radius 3 is 2.83 bits per heavy atom. The second-order valence-corrected chi connectivity index (χ2v) is 8.05. The number of thiazole rings is 1. The topological polar surface area (TPSA) is 80.3 Å². The number of amides is 2. The van der Waals surface area contributed by atoms with Crippen molar-refractivity contribution < 1.29 is 14.3 Å². The third-order valence-electron chi connectivity index (χ3n) is 4.88. The van der Waals surface area contributed by atoms with E-state index in [-0.39, 0.29) is 18.4 Å². The molecule has 1 aliphatic heterocycles. The molecule has 0 aliphatic carbocycles. The normalized spacial score (nSPS) is 12.8. The minimum absolute atomic E-state index is 0.0234. The predicted octanol–water partition coefficient (Wildman–Crippen LogP) is 4.66. The van der Waals surface area contributed by atoms with Crippen LogP contribution in [0.1, 0.15) is 30.9 Å². The molecule has 2 N–H and O–H groups in total. The maximum Gasteiger partial charge on any atom is 0.264 e. The molecule has 0 saturated heterocycles. The van der Waals surface area contributed by atoms with E-state index < -0.39 is 0 Å². The number of anilines is 2. The Bertz CT molecular complexity index is 1060. The average Bonchev–Trinajstić information content (AvgIpc) is 3.21. The van der Waals surface area contributed by atoms with Gasteiger partial charge in [-0.25, -0.2) is 4.98 Å². The van der Waals surface area contributed by atoms with Gasteiger partial charge in [0, 0.05) is 23.1 Å². The third-order valence-corrected chi connectivity index (χ3v) is 5.64. The number of nitrogens with zero attached hydrogens (tertiary/aromatic N) is 1. The van der Waals surface area contributed by atoms with Crippen LogP contribution in [-0.4, -0.2) is 23.4 Å². The summed E-state index contributed by atoms with van der Waals surface area (Å²) in [5, 5.41) is 8.10. The summed E-state index contributed by atoms with van der Waals surface area (Å²) >= 11 is 1.39. The first kappa shape index (κ1) is 20.1. The molecule has 0 fully saturated rings. The molecular weight excluding hydrogens is 398 g/mol. The van der Waals surface area contributed by atoms with Crippen LogP contribution in [0.3, 0.4) is 0 Å². The lowest BCUT2D eigenvalue weighted by Gasteiger charge is -2.17. The zero-order valence-electron chi connectivity index (χ0n) is 16.7. The van der Waals surface area contributed by atoms with Gasteiger partial charge in [-0.3, -0.25) is 14.9 Å². The number of aromatic nitrogens is 1. The second-order valence-electron chi connectivity index (χ2n) is 7.19. The Kier molecular flexibility index (Phi) is 6.09. The Morgan fingerprint density at radius 2 is 2.03 bits per heavy atom. The van der Waals surface area contributed by atoms with Gasteiger partial charge in [-0.15, -0.1) is 11.3 Å². The van der Waals surface area contributed by atoms with Gasteiger partial charge >= 0.3 is 0 Å². The Balaban J connectivity index is 1.32. The molecule has 0 bridgehead atoms. The monoisotopic (exact) mass is 421 g/mol. The van der Waals surface area contributed by atoms with E-state index in [1.165, 1.54) is 16.9 Å². The highest BCUT2D eigenvalue weighted by Gasteiger charge is 2.15. The zero-order chi connectivity index (χ0) is 20.9. The van der Waals surface area contributed by atoms with Crippen molar-refractivity contribution in [2.24, 2.45) is 0 Å². The summed E-state index contributed by atoms with van der Waals surface area (Å²) in [5.74, 6) is 0.363. The summed E-state index contributed by atoms with van der Waals surface area (Å²) in [5.41, 5.74) is 5.01. The first-order valence-electron chi connectivity index (χ1n) is 10.0. The minimum Gasteiger partial charge on any atom is -0.484 e. The van der Waals surface area contributed by atoms with Gasteiger partial charge in [0.15, 0.2) is 11.7 Å². The lowest BCUT2D eigenvalue weighted by molar-refractivity contribution is -0.118. The van der Waals surface area contributed by atoms with Crippen molar-refractivity contribution in [2.45, 2.75) is 32.6 Å². The molecule has 154 valence electrons. The standard InChI is InChI=1S/C23H23N3O3S/c1-2-3-15-4-6-16(7-5-15)20-14-30-23(25-20)26-22(28)13-29-18-9-10-19-17(12-18)8-11-21(27)24-19/h4-7,9-10,12,14H,2-3,8,11,13H2,1H3,(H,24,27)(H,25,26,28). The van der Waals surface area contributed by atoms with Crippen molar-refractivity contribution in [3.8, 4) is 17.0 Å². The van der Waals surface area contributed by atoms with Crippen molar-refractivity contribution >= 4 is 34.0 Å². The fraction of sp³-hybridized carbons (Fsp3) is 0.261. The van der Waals surface area contributed by atoms with Gasteiger partial charge in [-0.1, -0.05) is 37.6 Å². The average molecular weight is 422 g/mol. The molecule has 6 nitrogen and oxygen atoms in total. The lowest BCUT2D eigenvalue weighted by Crippen LogP contribution is -2.21. The zero-order valence-corrected chi connectivity index (χ0v) is 17.6. The van der Waals surface area contributed by atoms with Crippen LogP contribution >= 0.6 is 11.3 Å². The quantitative estimate of drug-likeness (QED) is 0.581. The Hall–Kier alpha value is -3.19. The molecule has 0 saturated carbocycles. The highest BCUT2D eigenvalue weighted by Crippen LogP contribution is 2.27. The van der Waals surface area contributed by atoms with Crippen molar-refractivity contribution in [1.82, 2.24) is 4.98 Å². The summed E-state index contributed by atoms with van der Waals surface area (Å²) in [6.07, 6.45) is 3.32. The summed E-state index contributed by atoms with van der Waals surface area (Å²) in [7, 11) is 0. The first-order valence-corrected chi connectivity index (χ1v) is 10.9. The van der Waals surface area contributed by atoms with Crippen molar-refractivity contribution in [1.29, 1.82) is 0 Å². The number of hydrogen-bond acceptors (Lipinski definition) is 5. The number of aryl methyl sites for hydroxylation is 2. The van der Waals surface area contributed by atoms with Crippen LogP contribution in [0.5, 0.6) is 5.75 Å². The maximum atomic E-state index is 12.3. The van der Waals surface area contributed by atoms with Crippen LogP contribution in [0.2, 0.25) is 0 Å². The van der Waals surface area contributed by atoms with Crippen molar-refractivity contribution in [3.05, 3.63) is 59.0 Å². The molecule has 0 radical (unpaired) electrons. The number of hydrogen-bond donors (Lipinski definition) is 2. The van der Waals surface area contributed by atoms with Gasteiger partial charge < -0.3 is 10.1 Å². The van der Waals surface area contributed by atoms with E-state index >= 15 is 0 Å². The Labute approximate surface area is 179 Å². The fourth-order valence-electron chi connectivity index (χ4n) is 3.35. The SMILES string of the molecule is CCCc1ccc(-c2csc(NC(=O)COc3ccc4c(c3)CCC(=O)N4)n2)cc1. The van der Waals surface area contributed by atoms with E-state index in [1.54, 1.807) is 12.1 Å². The molecule has 2 heterocycles.